The predicted octanol–water partition coefficient (Wildman–Crippen LogP) is 7.97. The Morgan fingerprint density at radius 2 is 1.78 bits per heavy atom. The van der Waals surface area contributed by atoms with E-state index in [0.717, 1.165) is 57.5 Å². The first kappa shape index (κ1) is 19.7. The number of allylic oxidation sites excluding steroid dienone is 2. The molecule has 2 heterocycles. The highest BCUT2D eigenvalue weighted by atomic mass is 35.5. The number of fused-ring (bicyclic) bond motifs is 3. The van der Waals surface area contributed by atoms with Gasteiger partial charge in [-0.2, -0.15) is 0 Å². The molecule has 0 saturated heterocycles. The summed E-state index contributed by atoms with van der Waals surface area (Å²) in [4.78, 5) is 13.2. The van der Waals surface area contributed by atoms with Crippen LogP contribution in [-0.2, 0) is 4.79 Å². The molecule has 6 rings (SSSR count). The van der Waals surface area contributed by atoms with Gasteiger partial charge in [0.2, 0.25) is 0 Å². The third-order valence-corrected chi connectivity index (χ3v) is 7.24. The minimum Gasteiger partial charge on any atom is -0.460 e. The van der Waals surface area contributed by atoms with Gasteiger partial charge in [0.15, 0.2) is 5.78 Å². The van der Waals surface area contributed by atoms with E-state index in [4.69, 9.17) is 27.6 Å². The quantitative estimate of drug-likeness (QED) is 0.330. The Kier molecular flexibility index (Phi) is 4.63. The number of Topliss-reactive ketones (excluding diaryl/α,β-unsaturated/α-hetero) is 1. The standard InChI is InChI=1S/C27H19Cl2NO2/c28-18-8-3-7-17(27(18)29)22-13-14-23(32-22)26-24-16-6-2-1-5-15(16)11-12-20(24)30-19-9-4-10-21(31)25(19)26/h1-3,5-8,11-14,26,30H,4,9-10H2. The van der Waals surface area contributed by atoms with Crippen molar-refractivity contribution in [2.45, 2.75) is 25.2 Å². The van der Waals surface area contributed by atoms with Gasteiger partial charge in [-0.3, -0.25) is 4.79 Å². The number of carbonyl (C=O) groups is 1. The summed E-state index contributed by atoms with van der Waals surface area (Å²) in [5.41, 5.74) is 4.67. The van der Waals surface area contributed by atoms with Gasteiger partial charge >= 0.3 is 0 Å². The van der Waals surface area contributed by atoms with Crippen LogP contribution in [0.4, 0.5) is 5.69 Å². The average molecular weight is 460 g/mol. The first-order valence-corrected chi connectivity index (χ1v) is 11.5. The highest BCUT2D eigenvalue weighted by Gasteiger charge is 2.37. The molecule has 1 aliphatic heterocycles. The van der Waals surface area contributed by atoms with Gasteiger partial charge in [-0.25, -0.2) is 0 Å². The van der Waals surface area contributed by atoms with Crippen LogP contribution in [0.25, 0.3) is 22.1 Å². The lowest BCUT2D eigenvalue weighted by Crippen LogP contribution is -2.26. The highest BCUT2D eigenvalue weighted by molar-refractivity contribution is 6.43. The Morgan fingerprint density at radius 1 is 0.906 bits per heavy atom. The van der Waals surface area contributed by atoms with Gasteiger partial charge in [-0.1, -0.05) is 59.6 Å². The van der Waals surface area contributed by atoms with Crippen LogP contribution in [0.2, 0.25) is 10.0 Å². The van der Waals surface area contributed by atoms with E-state index in [-0.39, 0.29) is 11.7 Å². The maximum absolute atomic E-state index is 13.2. The molecule has 0 bridgehead atoms. The topological polar surface area (TPSA) is 42.2 Å². The minimum atomic E-state index is -0.271. The van der Waals surface area contributed by atoms with Crippen molar-refractivity contribution in [1.29, 1.82) is 0 Å². The van der Waals surface area contributed by atoms with Crippen LogP contribution < -0.4 is 5.32 Å². The number of carbonyl (C=O) groups excluding carboxylic acids is 1. The van der Waals surface area contributed by atoms with Gasteiger partial charge in [0, 0.05) is 28.9 Å². The van der Waals surface area contributed by atoms with E-state index < -0.39 is 0 Å². The SMILES string of the molecule is O=C1CCCC2=C1C(c1ccc(-c3cccc(Cl)c3Cl)o1)c1c(ccc3ccccc13)N2. The van der Waals surface area contributed by atoms with Crippen molar-refractivity contribution in [2.75, 3.05) is 5.32 Å². The van der Waals surface area contributed by atoms with Crippen molar-refractivity contribution in [3.05, 3.63) is 99.4 Å². The van der Waals surface area contributed by atoms with E-state index in [1.165, 1.54) is 0 Å². The number of hydrogen-bond donors (Lipinski definition) is 1. The Hall–Kier alpha value is -3.01. The average Bonchev–Trinajstić information content (AvgIpc) is 3.29. The fraction of sp³-hybridized carbons (Fsp3) is 0.148. The Balaban J connectivity index is 1.59. The number of anilines is 1. The molecule has 3 aromatic carbocycles. The second kappa shape index (κ2) is 7.54. The summed E-state index contributed by atoms with van der Waals surface area (Å²) in [6.45, 7) is 0. The van der Waals surface area contributed by atoms with E-state index in [1.54, 1.807) is 6.07 Å². The van der Waals surface area contributed by atoms with Gasteiger partial charge in [0.1, 0.15) is 11.5 Å². The third kappa shape index (κ3) is 3.00. The van der Waals surface area contributed by atoms with Crippen LogP contribution in [0.3, 0.4) is 0 Å². The van der Waals surface area contributed by atoms with E-state index in [1.807, 2.05) is 36.4 Å². The second-order valence-corrected chi connectivity index (χ2v) is 9.06. The Bertz CT molecular complexity index is 1430. The number of furan rings is 1. The van der Waals surface area contributed by atoms with Gasteiger partial charge in [-0.15, -0.1) is 0 Å². The van der Waals surface area contributed by atoms with Crippen molar-refractivity contribution in [3.63, 3.8) is 0 Å². The van der Waals surface area contributed by atoms with Gasteiger partial charge in [-0.05, 0) is 59.5 Å². The van der Waals surface area contributed by atoms with Crippen LogP contribution in [0.5, 0.6) is 0 Å². The largest absolute Gasteiger partial charge is 0.460 e. The molecule has 4 aromatic rings. The zero-order chi connectivity index (χ0) is 21.8. The van der Waals surface area contributed by atoms with Crippen LogP contribution in [0.1, 0.15) is 36.5 Å². The minimum absolute atomic E-state index is 0.182. The fourth-order valence-corrected chi connectivity index (χ4v) is 5.38. The molecule has 0 fully saturated rings. The molecular weight excluding hydrogens is 441 g/mol. The van der Waals surface area contributed by atoms with Crippen molar-refractivity contribution >= 4 is 45.4 Å². The molecule has 1 aliphatic carbocycles. The normalized spacial score (nSPS) is 17.8. The fourth-order valence-electron chi connectivity index (χ4n) is 4.98. The summed E-state index contributed by atoms with van der Waals surface area (Å²) in [6.07, 6.45) is 2.28. The number of benzene rings is 3. The molecule has 5 heteroatoms. The summed E-state index contributed by atoms with van der Waals surface area (Å²) in [5.74, 6) is 1.28. The molecule has 0 spiro atoms. The van der Waals surface area contributed by atoms with Crippen LogP contribution >= 0.6 is 23.2 Å². The van der Waals surface area contributed by atoms with E-state index in [0.29, 0.717) is 22.2 Å². The maximum Gasteiger partial charge on any atom is 0.161 e. The molecular formula is C27H19Cl2NO2. The lowest BCUT2D eigenvalue weighted by Gasteiger charge is -2.33. The predicted molar refractivity (Wildman–Crippen MR) is 129 cm³/mol. The Labute approximate surface area is 195 Å². The molecule has 3 nitrogen and oxygen atoms in total. The second-order valence-electron chi connectivity index (χ2n) is 8.28. The molecule has 0 saturated carbocycles. The number of nitrogens with one attached hydrogen (secondary N) is 1. The molecule has 32 heavy (non-hydrogen) atoms. The molecule has 0 amide bonds. The summed E-state index contributed by atoms with van der Waals surface area (Å²) in [5, 5.41) is 6.74. The summed E-state index contributed by atoms with van der Waals surface area (Å²) in [7, 11) is 0. The maximum atomic E-state index is 13.2. The van der Waals surface area contributed by atoms with E-state index in [9.17, 15) is 4.79 Å². The van der Waals surface area contributed by atoms with Crippen LogP contribution in [-0.4, -0.2) is 5.78 Å². The molecule has 1 unspecified atom stereocenters. The molecule has 158 valence electrons. The number of rotatable bonds is 2. The van der Waals surface area contributed by atoms with Gasteiger partial charge < -0.3 is 9.73 Å². The Morgan fingerprint density at radius 3 is 2.69 bits per heavy atom. The summed E-state index contributed by atoms with van der Waals surface area (Å²) in [6, 6.07) is 21.9. The monoisotopic (exact) mass is 459 g/mol. The summed E-state index contributed by atoms with van der Waals surface area (Å²) < 4.78 is 6.39. The van der Waals surface area contributed by atoms with Crippen LogP contribution in [0, 0.1) is 0 Å². The van der Waals surface area contributed by atoms with E-state index >= 15 is 0 Å². The van der Waals surface area contributed by atoms with Crippen molar-refractivity contribution < 1.29 is 9.21 Å². The molecule has 0 radical (unpaired) electrons. The lowest BCUT2D eigenvalue weighted by atomic mass is 9.76. The molecule has 1 aromatic heterocycles. The molecule has 1 N–H and O–H groups in total. The smallest absolute Gasteiger partial charge is 0.161 e. The highest BCUT2D eigenvalue weighted by Crippen LogP contribution is 2.49. The zero-order valence-corrected chi connectivity index (χ0v) is 18.6. The number of ketones is 1. The number of halogens is 2. The number of hydrogen-bond acceptors (Lipinski definition) is 3. The van der Waals surface area contributed by atoms with Crippen molar-refractivity contribution in [3.8, 4) is 11.3 Å². The third-order valence-electron chi connectivity index (χ3n) is 6.42. The first-order valence-electron chi connectivity index (χ1n) is 10.7. The zero-order valence-electron chi connectivity index (χ0n) is 17.1. The van der Waals surface area contributed by atoms with Gasteiger partial charge in [0.05, 0.1) is 16.0 Å². The summed E-state index contributed by atoms with van der Waals surface area (Å²) >= 11 is 12.7. The lowest BCUT2D eigenvalue weighted by molar-refractivity contribution is -0.116. The van der Waals surface area contributed by atoms with Gasteiger partial charge in [0.25, 0.3) is 0 Å². The molecule has 2 aliphatic rings. The van der Waals surface area contributed by atoms with Crippen molar-refractivity contribution in [2.24, 2.45) is 0 Å². The first-order chi connectivity index (χ1) is 15.6. The van der Waals surface area contributed by atoms with Crippen molar-refractivity contribution in [1.82, 2.24) is 0 Å². The van der Waals surface area contributed by atoms with E-state index in [2.05, 4.69) is 29.6 Å². The molecule has 1 atom stereocenters. The van der Waals surface area contributed by atoms with Crippen LogP contribution in [0.15, 0.2) is 82.4 Å².